The summed E-state index contributed by atoms with van der Waals surface area (Å²) in [7, 11) is 0. The minimum Gasteiger partial charge on any atom is -0.436 e. The van der Waals surface area contributed by atoms with Gasteiger partial charge in [0, 0.05) is 12.1 Å². The maximum absolute atomic E-state index is 12.8. The van der Waals surface area contributed by atoms with Crippen molar-refractivity contribution in [2.45, 2.75) is 24.5 Å². The predicted octanol–water partition coefficient (Wildman–Crippen LogP) is 6.61. The van der Waals surface area contributed by atoms with Crippen LogP contribution in [0.2, 0.25) is 10.0 Å². The summed E-state index contributed by atoms with van der Waals surface area (Å²) in [6.07, 6.45) is -3.84. The van der Waals surface area contributed by atoms with Crippen LogP contribution in [0.25, 0.3) is 0 Å². The molecule has 0 aliphatic heterocycles. The Morgan fingerprint density at radius 3 is 2.38 bits per heavy atom. The smallest absolute Gasteiger partial charge is 0.416 e. The average Bonchev–Trinajstić information content (AvgIpc) is 2.55. The zero-order chi connectivity index (χ0) is 19.5. The Hall–Kier alpha value is -1.71. The average molecular weight is 427 g/mol. The number of pyridine rings is 1. The van der Waals surface area contributed by atoms with Gasteiger partial charge in [-0.2, -0.15) is 18.2 Å². The molecular formula is C15H11Cl2F3N2O3S. The van der Waals surface area contributed by atoms with E-state index in [0.29, 0.717) is 17.9 Å². The van der Waals surface area contributed by atoms with Gasteiger partial charge in [-0.1, -0.05) is 41.9 Å². The van der Waals surface area contributed by atoms with Crippen molar-refractivity contribution >= 4 is 40.7 Å². The molecule has 5 nitrogen and oxygen atoms in total. The van der Waals surface area contributed by atoms with Crippen molar-refractivity contribution in [1.29, 1.82) is 0 Å². The van der Waals surface area contributed by atoms with Gasteiger partial charge in [0.2, 0.25) is 5.88 Å². The maximum atomic E-state index is 12.8. The summed E-state index contributed by atoms with van der Waals surface area (Å²) < 4.78 is 43.7. The van der Waals surface area contributed by atoms with Crippen LogP contribution in [0.5, 0.6) is 11.6 Å². The lowest BCUT2D eigenvalue weighted by atomic mass is 10.2. The quantitative estimate of drug-likeness (QED) is 0.295. The van der Waals surface area contributed by atoms with E-state index in [9.17, 15) is 23.3 Å². The van der Waals surface area contributed by atoms with Gasteiger partial charge in [0.1, 0.15) is 0 Å². The molecule has 2 aromatic rings. The van der Waals surface area contributed by atoms with E-state index >= 15 is 0 Å². The van der Waals surface area contributed by atoms with Crippen molar-refractivity contribution in [2.75, 3.05) is 5.75 Å². The molecule has 0 saturated heterocycles. The van der Waals surface area contributed by atoms with E-state index in [4.69, 9.17) is 27.9 Å². The molecule has 1 heterocycles. The van der Waals surface area contributed by atoms with E-state index in [1.54, 1.807) is 0 Å². The standard InChI is InChI=1S/C15H11Cl2F3N2O3S/c1-2-5-26-14-11(22(23)24)3-4-12(21-14)25-13-9(16)6-8(7-10(13)17)15(18,19)20/h3-4,6-7H,2,5H2,1H3. The first-order chi connectivity index (χ1) is 12.1. The lowest BCUT2D eigenvalue weighted by Gasteiger charge is -2.13. The molecule has 1 aromatic heterocycles. The van der Waals surface area contributed by atoms with Crippen LogP contribution < -0.4 is 4.74 Å². The van der Waals surface area contributed by atoms with Crippen LogP contribution >= 0.6 is 35.0 Å². The van der Waals surface area contributed by atoms with E-state index in [-0.39, 0.29) is 32.4 Å². The van der Waals surface area contributed by atoms with Gasteiger partial charge in [-0.15, -0.1) is 0 Å². The minimum absolute atomic E-state index is 0.0715. The third kappa shape index (κ3) is 4.93. The van der Waals surface area contributed by atoms with Crippen molar-refractivity contribution in [3.8, 4) is 11.6 Å². The Morgan fingerprint density at radius 1 is 1.27 bits per heavy atom. The number of alkyl halides is 3. The Kier molecular flexibility index (Phi) is 6.59. The van der Waals surface area contributed by atoms with Crippen LogP contribution in [0.3, 0.4) is 0 Å². The molecule has 26 heavy (non-hydrogen) atoms. The molecule has 11 heteroatoms. The zero-order valence-electron chi connectivity index (χ0n) is 13.1. The highest BCUT2D eigenvalue weighted by Gasteiger charge is 2.32. The first-order valence-electron chi connectivity index (χ1n) is 7.15. The van der Waals surface area contributed by atoms with E-state index in [1.165, 1.54) is 23.9 Å². The molecule has 0 aliphatic rings. The summed E-state index contributed by atoms with van der Waals surface area (Å²) in [6, 6.07) is 3.78. The zero-order valence-corrected chi connectivity index (χ0v) is 15.5. The van der Waals surface area contributed by atoms with Gasteiger partial charge in [0.05, 0.1) is 20.5 Å². The fourth-order valence-corrected chi connectivity index (χ4v) is 3.25. The number of hydrogen-bond acceptors (Lipinski definition) is 5. The number of benzene rings is 1. The number of aromatic nitrogens is 1. The summed E-state index contributed by atoms with van der Waals surface area (Å²) in [6.45, 7) is 1.90. The van der Waals surface area contributed by atoms with Crippen LogP contribution in [0.15, 0.2) is 29.3 Å². The SMILES string of the molecule is CCCSc1nc(Oc2c(Cl)cc(C(F)(F)F)cc2Cl)ccc1[N+](=O)[O-]. The highest BCUT2D eigenvalue weighted by atomic mass is 35.5. The monoisotopic (exact) mass is 426 g/mol. The van der Waals surface area contributed by atoms with Gasteiger partial charge in [-0.3, -0.25) is 10.1 Å². The Bertz CT molecular complexity index is 811. The molecule has 0 N–H and O–H groups in total. The third-order valence-corrected chi connectivity index (χ3v) is 4.73. The van der Waals surface area contributed by atoms with Crippen LogP contribution in [-0.4, -0.2) is 15.7 Å². The molecule has 0 spiro atoms. The molecule has 0 aliphatic carbocycles. The summed E-state index contributed by atoms with van der Waals surface area (Å²) in [5, 5.41) is 10.5. The first-order valence-corrected chi connectivity index (χ1v) is 8.90. The van der Waals surface area contributed by atoms with E-state index in [0.717, 1.165) is 6.42 Å². The first kappa shape index (κ1) is 20.6. The molecule has 140 valence electrons. The van der Waals surface area contributed by atoms with Crippen LogP contribution in [0, 0.1) is 10.1 Å². The van der Waals surface area contributed by atoms with Crippen molar-refractivity contribution in [3.63, 3.8) is 0 Å². The topological polar surface area (TPSA) is 65.3 Å². The number of halogens is 5. The van der Waals surface area contributed by atoms with Crippen LogP contribution in [0.4, 0.5) is 18.9 Å². The summed E-state index contributed by atoms with van der Waals surface area (Å²) in [5.74, 6) is 0.311. The molecule has 0 atom stereocenters. The normalized spacial score (nSPS) is 11.5. The van der Waals surface area contributed by atoms with Crippen molar-refractivity contribution in [1.82, 2.24) is 4.98 Å². The second-order valence-electron chi connectivity index (χ2n) is 4.95. The number of hydrogen-bond donors (Lipinski definition) is 0. The van der Waals surface area contributed by atoms with Gasteiger partial charge in [-0.05, 0) is 24.3 Å². The number of ether oxygens (including phenoxy) is 1. The largest absolute Gasteiger partial charge is 0.436 e. The minimum atomic E-state index is -4.61. The van der Waals surface area contributed by atoms with Gasteiger partial charge in [0.25, 0.3) is 0 Å². The molecular weight excluding hydrogens is 416 g/mol. The second-order valence-corrected chi connectivity index (χ2v) is 6.85. The number of nitro groups is 1. The number of thioether (sulfide) groups is 1. The number of rotatable bonds is 6. The molecule has 0 radical (unpaired) electrons. The fourth-order valence-electron chi connectivity index (χ4n) is 1.84. The summed E-state index contributed by atoms with van der Waals surface area (Å²) in [4.78, 5) is 14.5. The highest BCUT2D eigenvalue weighted by Crippen LogP contribution is 2.42. The van der Waals surface area contributed by atoms with E-state index in [1.807, 2.05) is 6.92 Å². The van der Waals surface area contributed by atoms with Gasteiger partial charge >= 0.3 is 11.9 Å². The van der Waals surface area contributed by atoms with Gasteiger partial charge in [-0.25, -0.2) is 0 Å². The Labute approximate surface area is 160 Å². The van der Waals surface area contributed by atoms with E-state index in [2.05, 4.69) is 4.98 Å². The van der Waals surface area contributed by atoms with E-state index < -0.39 is 16.7 Å². The van der Waals surface area contributed by atoms with Gasteiger partial charge < -0.3 is 4.74 Å². The number of nitrogens with zero attached hydrogens (tertiary/aromatic N) is 2. The lowest BCUT2D eigenvalue weighted by Crippen LogP contribution is -2.05. The third-order valence-electron chi connectivity index (χ3n) is 2.99. The molecule has 0 unspecified atom stereocenters. The fraction of sp³-hybridized carbons (Fsp3) is 0.267. The van der Waals surface area contributed by atoms with Crippen molar-refractivity contribution in [2.24, 2.45) is 0 Å². The molecule has 2 rings (SSSR count). The molecule has 1 aromatic carbocycles. The van der Waals surface area contributed by atoms with Crippen molar-refractivity contribution in [3.05, 3.63) is 50.0 Å². The predicted molar refractivity (Wildman–Crippen MR) is 93.4 cm³/mol. The van der Waals surface area contributed by atoms with Crippen LogP contribution in [-0.2, 0) is 6.18 Å². The molecule has 0 fully saturated rings. The molecule has 0 bridgehead atoms. The lowest BCUT2D eigenvalue weighted by molar-refractivity contribution is -0.388. The van der Waals surface area contributed by atoms with Gasteiger partial charge in [0.15, 0.2) is 10.8 Å². The second kappa shape index (κ2) is 8.32. The molecule has 0 amide bonds. The summed E-state index contributed by atoms with van der Waals surface area (Å²) in [5.41, 5.74) is -1.21. The Morgan fingerprint density at radius 2 is 1.88 bits per heavy atom. The Balaban J connectivity index is 2.38. The van der Waals surface area contributed by atoms with Crippen LogP contribution in [0.1, 0.15) is 18.9 Å². The van der Waals surface area contributed by atoms with Crippen molar-refractivity contribution < 1.29 is 22.8 Å². The highest BCUT2D eigenvalue weighted by molar-refractivity contribution is 7.99. The summed E-state index contributed by atoms with van der Waals surface area (Å²) >= 11 is 12.9. The molecule has 0 saturated carbocycles. The maximum Gasteiger partial charge on any atom is 0.416 e.